The van der Waals surface area contributed by atoms with Crippen LogP contribution in [0.5, 0.6) is 5.88 Å². The third-order valence-corrected chi connectivity index (χ3v) is 8.03. The number of anilines is 1. The Balaban J connectivity index is 1.33. The van der Waals surface area contributed by atoms with Gasteiger partial charge in [0.1, 0.15) is 0 Å². The summed E-state index contributed by atoms with van der Waals surface area (Å²) >= 11 is 0. The highest BCUT2D eigenvalue weighted by molar-refractivity contribution is 6.22. The number of nitrogens with one attached hydrogen (secondary N) is 1. The second-order valence-corrected chi connectivity index (χ2v) is 10.8. The Morgan fingerprint density at radius 2 is 1.74 bits per heavy atom. The fourth-order valence-corrected chi connectivity index (χ4v) is 5.75. The lowest BCUT2D eigenvalue weighted by atomic mass is 10.00. The molecule has 0 saturated carbocycles. The number of fused-ring (bicyclic) bond motifs is 2. The molecule has 2 aliphatic rings. The first-order valence-corrected chi connectivity index (χ1v) is 14.4. The molecule has 1 aromatic heterocycles. The summed E-state index contributed by atoms with van der Waals surface area (Å²) in [5, 5.41) is 11.8. The van der Waals surface area contributed by atoms with Gasteiger partial charge in [0.25, 0.3) is 0 Å². The van der Waals surface area contributed by atoms with Crippen molar-refractivity contribution in [1.82, 2.24) is 14.8 Å². The van der Waals surface area contributed by atoms with Crippen LogP contribution in [0, 0.1) is 0 Å². The zero-order chi connectivity index (χ0) is 29.2. The molecule has 2 aliphatic heterocycles. The van der Waals surface area contributed by atoms with E-state index >= 15 is 0 Å². The van der Waals surface area contributed by atoms with E-state index < -0.39 is 5.97 Å². The van der Waals surface area contributed by atoms with Gasteiger partial charge in [-0.2, -0.15) is 0 Å². The van der Waals surface area contributed by atoms with Crippen molar-refractivity contribution in [3.63, 3.8) is 0 Å². The van der Waals surface area contributed by atoms with Gasteiger partial charge in [0.15, 0.2) is 5.88 Å². The predicted molar refractivity (Wildman–Crippen MR) is 164 cm³/mol. The molecule has 9 nitrogen and oxygen atoms in total. The molecule has 216 valence electrons. The summed E-state index contributed by atoms with van der Waals surface area (Å²) in [4.78, 5) is 40.0. The van der Waals surface area contributed by atoms with Crippen molar-refractivity contribution >= 4 is 39.9 Å². The Bertz CT molecular complexity index is 1650. The minimum absolute atomic E-state index is 0.0320. The lowest BCUT2D eigenvalue weighted by molar-refractivity contribution is -0.120. The van der Waals surface area contributed by atoms with Crippen LogP contribution < -0.4 is 4.90 Å². The first-order chi connectivity index (χ1) is 20.4. The summed E-state index contributed by atoms with van der Waals surface area (Å²) in [5.41, 5.74) is 5.76. The number of hydrogen-bond donors (Lipinski definition) is 2. The summed E-state index contributed by atoms with van der Waals surface area (Å²) in [6, 6.07) is 20.8. The standard InChI is InChI=1S/C33H35N5O4/c1-3-42-33(41)24-9-11-26-27(20-24)35-32(40)30(26)31(22-7-5-4-6-8-22)34-25-10-12-28-23(19-25)13-14-38(28)29(39)21-37-17-15-36(2)16-18-37/h4-12,19-20,35,40H,3,13-18,21H2,1-2H3. The molecular weight excluding hydrogens is 530 g/mol. The predicted octanol–water partition coefficient (Wildman–Crippen LogP) is 4.36. The first kappa shape index (κ1) is 27.7. The van der Waals surface area contributed by atoms with Gasteiger partial charge in [-0.1, -0.05) is 36.4 Å². The normalized spacial score (nSPS) is 16.1. The van der Waals surface area contributed by atoms with Crippen LogP contribution in [0.1, 0.15) is 34.0 Å². The summed E-state index contributed by atoms with van der Waals surface area (Å²) < 4.78 is 5.14. The van der Waals surface area contributed by atoms with Crippen molar-refractivity contribution in [3.05, 3.63) is 89.0 Å². The molecule has 0 spiro atoms. The molecule has 0 radical (unpaired) electrons. The molecule has 1 saturated heterocycles. The molecule has 9 heteroatoms. The molecule has 1 amide bonds. The molecule has 4 aromatic rings. The van der Waals surface area contributed by atoms with Crippen LogP contribution in [-0.4, -0.2) is 90.4 Å². The average Bonchev–Trinajstić information content (AvgIpc) is 3.57. The van der Waals surface area contributed by atoms with E-state index in [0.717, 1.165) is 60.5 Å². The summed E-state index contributed by atoms with van der Waals surface area (Å²) in [6.07, 6.45) is 0.767. The number of aromatic amines is 1. The van der Waals surface area contributed by atoms with Gasteiger partial charge < -0.3 is 24.6 Å². The summed E-state index contributed by atoms with van der Waals surface area (Å²) in [6.45, 7) is 6.91. The first-order valence-electron chi connectivity index (χ1n) is 14.4. The Kier molecular flexibility index (Phi) is 7.78. The van der Waals surface area contributed by atoms with E-state index in [1.807, 2.05) is 53.4 Å². The minimum atomic E-state index is -0.416. The van der Waals surface area contributed by atoms with Crippen molar-refractivity contribution in [3.8, 4) is 5.88 Å². The van der Waals surface area contributed by atoms with E-state index in [1.54, 1.807) is 25.1 Å². The van der Waals surface area contributed by atoms with Gasteiger partial charge in [0.2, 0.25) is 5.91 Å². The lowest BCUT2D eigenvalue weighted by Crippen LogP contribution is -2.48. The molecule has 3 aromatic carbocycles. The fourth-order valence-electron chi connectivity index (χ4n) is 5.75. The van der Waals surface area contributed by atoms with Gasteiger partial charge in [0, 0.05) is 54.9 Å². The van der Waals surface area contributed by atoms with Crippen LogP contribution >= 0.6 is 0 Å². The second kappa shape index (κ2) is 11.8. The minimum Gasteiger partial charge on any atom is -0.494 e. The fraction of sp³-hybridized carbons (Fsp3) is 0.303. The SMILES string of the molecule is CCOC(=O)c1ccc2c(C(=Nc3ccc4c(c3)CCN4C(=O)CN3CCN(C)CC3)c3ccccc3)c(O)[nH]c2c1. The van der Waals surface area contributed by atoms with Crippen LogP contribution in [0.4, 0.5) is 11.4 Å². The van der Waals surface area contributed by atoms with Crippen molar-refractivity contribution in [2.75, 3.05) is 57.8 Å². The molecular formula is C33H35N5O4. The number of carbonyl (C=O) groups excluding carboxylic acids is 2. The number of benzene rings is 3. The zero-order valence-corrected chi connectivity index (χ0v) is 24.0. The van der Waals surface area contributed by atoms with Crippen LogP contribution in [0.15, 0.2) is 71.7 Å². The van der Waals surface area contributed by atoms with Gasteiger partial charge in [-0.15, -0.1) is 0 Å². The van der Waals surface area contributed by atoms with E-state index in [9.17, 15) is 14.7 Å². The number of aliphatic imine (C=N–C) groups is 1. The Morgan fingerprint density at radius 1 is 0.952 bits per heavy atom. The quantitative estimate of drug-likeness (QED) is 0.255. The molecule has 3 heterocycles. The van der Waals surface area contributed by atoms with Crippen LogP contribution in [0.3, 0.4) is 0 Å². The smallest absolute Gasteiger partial charge is 0.338 e. The van der Waals surface area contributed by atoms with E-state index in [1.165, 1.54) is 0 Å². The Labute approximate surface area is 245 Å². The maximum absolute atomic E-state index is 13.2. The van der Waals surface area contributed by atoms with E-state index in [2.05, 4.69) is 21.8 Å². The highest BCUT2D eigenvalue weighted by Gasteiger charge is 2.27. The van der Waals surface area contributed by atoms with Gasteiger partial charge in [-0.05, 0) is 56.3 Å². The van der Waals surface area contributed by atoms with Crippen molar-refractivity contribution in [2.24, 2.45) is 4.99 Å². The third kappa shape index (κ3) is 5.53. The van der Waals surface area contributed by atoms with Crippen LogP contribution in [0.25, 0.3) is 10.9 Å². The number of nitrogens with zero attached hydrogens (tertiary/aromatic N) is 4. The molecule has 0 bridgehead atoms. The van der Waals surface area contributed by atoms with Crippen molar-refractivity contribution in [2.45, 2.75) is 13.3 Å². The maximum atomic E-state index is 13.2. The van der Waals surface area contributed by atoms with E-state index in [0.29, 0.717) is 35.4 Å². The number of amides is 1. The van der Waals surface area contributed by atoms with Gasteiger partial charge >= 0.3 is 5.97 Å². The zero-order valence-electron chi connectivity index (χ0n) is 24.0. The number of piperazine rings is 1. The molecule has 6 rings (SSSR count). The van der Waals surface area contributed by atoms with E-state index in [-0.39, 0.29) is 18.4 Å². The number of hydrogen-bond acceptors (Lipinski definition) is 7. The van der Waals surface area contributed by atoms with Crippen molar-refractivity contribution < 1.29 is 19.4 Å². The summed E-state index contributed by atoms with van der Waals surface area (Å²) in [7, 11) is 2.11. The third-order valence-electron chi connectivity index (χ3n) is 8.03. The lowest BCUT2D eigenvalue weighted by Gasteiger charge is -2.32. The van der Waals surface area contributed by atoms with Gasteiger partial charge in [0.05, 0.1) is 35.7 Å². The number of esters is 1. The second-order valence-electron chi connectivity index (χ2n) is 10.8. The number of ether oxygens (including phenoxy) is 1. The number of rotatable bonds is 7. The highest BCUT2D eigenvalue weighted by atomic mass is 16.5. The van der Waals surface area contributed by atoms with Crippen LogP contribution in [-0.2, 0) is 16.0 Å². The topological polar surface area (TPSA) is 101 Å². The molecule has 0 aliphatic carbocycles. The largest absolute Gasteiger partial charge is 0.494 e. The Morgan fingerprint density at radius 3 is 2.50 bits per heavy atom. The Hall–Kier alpha value is -4.47. The van der Waals surface area contributed by atoms with E-state index in [4.69, 9.17) is 9.73 Å². The number of aromatic hydroxyl groups is 1. The summed E-state index contributed by atoms with van der Waals surface area (Å²) in [5.74, 6) is -0.318. The number of likely N-dealkylation sites (N-methyl/N-ethyl adjacent to an activating group) is 1. The van der Waals surface area contributed by atoms with Crippen molar-refractivity contribution in [1.29, 1.82) is 0 Å². The van der Waals surface area contributed by atoms with Gasteiger partial charge in [-0.25, -0.2) is 9.79 Å². The van der Waals surface area contributed by atoms with Gasteiger partial charge in [-0.3, -0.25) is 9.69 Å². The molecule has 0 unspecified atom stereocenters. The molecule has 42 heavy (non-hydrogen) atoms. The molecule has 2 N–H and O–H groups in total. The molecule has 1 fully saturated rings. The molecule has 0 atom stereocenters. The highest BCUT2D eigenvalue weighted by Crippen LogP contribution is 2.35. The number of aromatic nitrogens is 1. The maximum Gasteiger partial charge on any atom is 0.338 e. The monoisotopic (exact) mass is 565 g/mol. The average molecular weight is 566 g/mol. The van der Waals surface area contributed by atoms with Crippen LogP contribution in [0.2, 0.25) is 0 Å². The number of H-pyrrole nitrogens is 1. The number of carbonyl (C=O) groups is 2.